The molecular formula is C12H17N3O3S. The highest BCUT2D eigenvalue weighted by Crippen LogP contribution is 2.38. The van der Waals surface area contributed by atoms with Crippen molar-refractivity contribution < 1.29 is 14.4 Å². The van der Waals surface area contributed by atoms with Crippen molar-refractivity contribution in [3.63, 3.8) is 0 Å². The van der Waals surface area contributed by atoms with Crippen LogP contribution in [-0.4, -0.2) is 40.7 Å². The van der Waals surface area contributed by atoms with Gasteiger partial charge in [-0.15, -0.1) is 0 Å². The zero-order valence-electron chi connectivity index (χ0n) is 10.6. The van der Waals surface area contributed by atoms with Crippen LogP contribution in [0.3, 0.4) is 0 Å². The van der Waals surface area contributed by atoms with Gasteiger partial charge in [0.25, 0.3) is 0 Å². The van der Waals surface area contributed by atoms with Gasteiger partial charge in [-0.25, -0.2) is 0 Å². The Hall–Kier alpha value is -1.50. The van der Waals surface area contributed by atoms with Crippen LogP contribution in [0.15, 0.2) is 0 Å². The molecule has 0 aromatic rings. The van der Waals surface area contributed by atoms with Gasteiger partial charge >= 0.3 is 0 Å². The van der Waals surface area contributed by atoms with Crippen LogP contribution in [-0.2, 0) is 14.4 Å². The van der Waals surface area contributed by atoms with Crippen molar-refractivity contribution in [3.05, 3.63) is 0 Å². The van der Waals surface area contributed by atoms with Gasteiger partial charge in [-0.2, -0.15) is 0 Å². The smallest absolute Gasteiger partial charge is 0.246 e. The van der Waals surface area contributed by atoms with Crippen molar-refractivity contribution in [2.75, 3.05) is 13.1 Å². The molecule has 1 heterocycles. The lowest BCUT2D eigenvalue weighted by Gasteiger charge is -2.39. The minimum Gasteiger partial charge on any atom is -0.392 e. The minimum atomic E-state index is -0.870. The van der Waals surface area contributed by atoms with E-state index in [4.69, 9.17) is 18.0 Å². The Morgan fingerprint density at radius 3 is 2.16 bits per heavy atom. The molecule has 0 unspecified atom stereocenters. The van der Waals surface area contributed by atoms with Gasteiger partial charge in [-0.05, 0) is 12.8 Å². The molecule has 7 heteroatoms. The number of carbonyl (C=O) groups is 3. The Bertz CT molecular complexity index is 428. The summed E-state index contributed by atoms with van der Waals surface area (Å²) in [7, 11) is 0. The summed E-state index contributed by atoms with van der Waals surface area (Å²) in [4.78, 5) is 36.8. The molecular weight excluding hydrogens is 266 g/mol. The Morgan fingerprint density at radius 2 is 1.68 bits per heavy atom. The third kappa shape index (κ3) is 2.60. The molecule has 2 aliphatic rings. The number of nitrogens with one attached hydrogen (secondary N) is 1. The first-order valence-corrected chi connectivity index (χ1v) is 6.78. The number of nitrogens with zero attached hydrogens (tertiary/aromatic N) is 1. The number of imide groups is 1. The summed E-state index contributed by atoms with van der Waals surface area (Å²) in [5, 5.41) is 2.17. The molecule has 0 aromatic heterocycles. The third-order valence-corrected chi connectivity index (χ3v) is 4.21. The average molecular weight is 283 g/mol. The molecule has 0 bridgehead atoms. The number of carbonyl (C=O) groups excluding carboxylic acids is 3. The maximum Gasteiger partial charge on any atom is 0.246 e. The van der Waals surface area contributed by atoms with Gasteiger partial charge in [0.1, 0.15) is 13.1 Å². The molecule has 1 saturated heterocycles. The molecule has 1 aliphatic heterocycles. The fourth-order valence-corrected chi connectivity index (χ4v) is 3.10. The number of thiocarbonyl (C=S) groups is 1. The van der Waals surface area contributed by atoms with Crippen molar-refractivity contribution in [1.82, 2.24) is 10.2 Å². The minimum absolute atomic E-state index is 0.102. The lowest BCUT2D eigenvalue weighted by Crippen LogP contribution is -2.59. The summed E-state index contributed by atoms with van der Waals surface area (Å²) in [6, 6.07) is 0. The Morgan fingerprint density at radius 1 is 1.16 bits per heavy atom. The van der Waals surface area contributed by atoms with Crippen LogP contribution in [0.25, 0.3) is 0 Å². The summed E-state index contributed by atoms with van der Waals surface area (Å²) in [5.41, 5.74) is 4.91. The van der Waals surface area contributed by atoms with E-state index in [1.54, 1.807) is 0 Å². The molecule has 2 fully saturated rings. The molecule has 3 N–H and O–H groups in total. The van der Waals surface area contributed by atoms with Gasteiger partial charge in [-0.1, -0.05) is 31.5 Å². The zero-order chi connectivity index (χ0) is 14.0. The number of amides is 3. The van der Waals surface area contributed by atoms with Gasteiger partial charge in [0, 0.05) is 0 Å². The molecule has 0 aromatic carbocycles. The van der Waals surface area contributed by atoms with E-state index >= 15 is 0 Å². The molecule has 104 valence electrons. The second-order valence-corrected chi connectivity index (χ2v) is 5.58. The number of rotatable bonds is 2. The fourth-order valence-electron chi connectivity index (χ4n) is 2.80. The topological polar surface area (TPSA) is 92.5 Å². The average Bonchev–Trinajstić information content (AvgIpc) is 2.37. The van der Waals surface area contributed by atoms with E-state index in [-0.39, 0.29) is 24.0 Å². The first-order chi connectivity index (χ1) is 8.95. The molecule has 0 atom stereocenters. The fraction of sp³-hybridized carbons (Fsp3) is 0.667. The van der Waals surface area contributed by atoms with E-state index in [1.165, 1.54) is 4.90 Å². The lowest BCUT2D eigenvalue weighted by molar-refractivity contribution is -0.150. The summed E-state index contributed by atoms with van der Waals surface area (Å²) < 4.78 is 0. The van der Waals surface area contributed by atoms with E-state index in [9.17, 15) is 14.4 Å². The van der Waals surface area contributed by atoms with Crippen molar-refractivity contribution in [2.24, 2.45) is 11.1 Å². The highest BCUT2D eigenvalue weighted by atomic mass is 32.1. The van der Waals surface area contributed by atoms with Crippen molar-refractivity contribution >= 4 is 34.9 Å². The molecule has 6 nitrogen and oxygen atoms in total. The quantitative estimate of drug-likeness (QED) is 0.536. The number of nitrogens with two attached hydrogens (primary N) is 1. The van der Waals surface area contributed by atoms with Crippen LogP contribution in [0.5, 0.6) is 0 Å². The van der Waals surface area contributed by atoms with Crippen LogP contribution in [0.4, 0.5) is 0 Å². The second-order valence-electron chi connectivity index (χ2n) is 5.14. The first-order valence-electron chi connectivity index (χ1n) is 6.38. The van der Waals surface area contributed by atoms with Crippen LogP contribution in [0.2, 0.25) is 0 Å². The molecule has 2 rings (SSSR count). The number of piperazine rings is 1. The number of hydrogen-bond acceptors (Lipinski definition) is 4. The summed E-state index contributed by atoms with van der Waals surface area (Å²) in [6.45, 7) is -0.204. The van der Waals surface area contributed by atoms with E-state index in [2.05, 4.69) is 5.32 Å². The number of hydrogen-bond donors (Lipinski definition) is 2. The van der Waals surface area contributed by atoms with E-state index < -0.39 is 17.2 Å². The summed E-state index contributed by atoms with van der Waals surface area (Å²) >= 11 is 5.08. The zero-order valence-corrected chi connectivity index (χ0v) is 11.4. The van der Waals surface area contributed by atoms with Crippen molar-refractivity contribution in [3.8, 4) is 0 Å². The predicted molar refractivity (Wildman–Crippen MR) is 72.0 cm³/mol. The van der Waals surface area contributed by atoms with Crippen LogP contribution >= 0.6 is 12.2 Å². The van der Waals surface area contributed by atoms with Gasteiger partial charge in [0.15, 0.2) is 0 Å². The molecule has 0 spiro atoms. The summed E-state index contributed by atoms with van der Waals surface area (Å²) in [6.07, 6.45) is 4.03. The van der Waals surface area contributed by atoms with Crippen LogP contribution in [0, 0.1) is 5.41 Å². The van der Waals surface area contributed by atoms with Gasteiger partial charge in [-0.3, -0.25) is 19.7 Å². The Labute approximate surface area is 116 Å². The molecule has 3 amide bonds. The molecule has 1 aliphatic carbocycles. The van der Waals surface area contributed by atoms with E-state index in [0.717, 1.165) is 19.3 Å². The lowest BCUT2D eigenvalue weighted by atomic mass is 9.72. The van der Waals surface area contributed by atoms with Crippen molar-refractivity contribution in [1.29, 1.82) is 0 Å². The monoisotopic (exact) mass is 283 g/mol. The summed E-state index contributed by atoms with van der Waals surface area (Å²) in [5.74, 6) is -1.19. The Kier molecular flexibility index (Phi) is 3.84. The third-order valence-electron chi connectivity index (χ3n) is 3.82. The van der Waals surface area contributed by atoms with Gasteiger partial charge in [0.05, 0.1) is 10.4 Å². The maximum atomic E-state index is 12.6. The molecule has 19 heavy (non-hydrogen) atoms. The van der Waals surface area contributed by atoms with E-state index in [1.807, 2.05) is 0 Å². The largest absolute Gasteiger partial charge is 0.392 e. The van der Waals surface area contributed by atoms with E-state index in [0.29, 0.717) is 12.8 Å². The predicted octanol–water partition coefficient (Wildman–Crippen LogP) is -0.292. The first kappa shape index (κ1) is 13.9. The van der Waals surface area contributed by atoms with Crippen molar-refractivity contribution in [2.45, 2.75) is 32.1 Å². The maximum absolute atomic E-state index is 12.6. The normalized spacial score (nSPS) is 22.8. The van der Waals surface area contributed by atoms with Gasteiger partial charge < -0.3 is 10.6 Å². The SMILES string of the molecule is NC(=S)C1(C(=O)N2CC(=O)NC(=O)C2)CCCCC1. The van der Waals surface area contributed by atoms with Crippen LogP contribution in [0.1, 0.15) is 32.1 Å². The van der Waals surface area contributed by atoms with Gasteiger partial charge in [0.2, 0.25) is 17.7 Å². The standard InChI is InChI=1S/C12H17N3O3S/c13-10(19)12(4-2-1-3-5-12)11(18)15-6-8(16)14-9(17)7-15/h1-7H2,(H2,13,19)(H,14,16,17). The second kappa shape index (κ2) is 5.24. The Balaban J connectivity index is 2.22. The molecule has 0 radical (unpaired) electrons. The highest BCUT2D eigenvalue weighted by molar-refractivity contribution is 7.80. The molecule has 1 saturated carbocycles. The van der Waals surface area contributed by atoms with Crippen LogP contribution < -0.4 is 11.1 Å². The highest BCUT2D eigenvalue weighted by Gasteiger charge is 2.46.